The summed E-state index contributed by atoms with van der Waals surface area (Å²) in [6.07, 6.45) is 2.28. The first-order valence-corrected chi connectivity index (χ1v) is 6.41. The Bertz CT molecular complexity index is 392. The Morgan fingerprint density at radius 1 is 1.11 bits per heavy atom. The largest absolute Gasteiger partial charge is 0.461 e. The van der Waals surface area contributed by atoms with Crippen molar-refractivity contribution >= 4 is 11.9 Å². The molecule has 0 aliphatic carbocycles. The molecule has 0 bridgehead atoms. The summed E-state index contributed by atoms with van der Waals surface area (Å²) in [5.74, 6) is 1.17. The second kappa shape index (κ2) is 6.01. The molecule has 0 radical (unpaired) electrons. The van der Waals surface area contributed by atoms with Crippen LogP contribution in [0.4, 0.5) is 11.9 Å². The fourth-order valence-corrected chi connectivity index (χ4v) is 1.74. The zero-order valence-electron chi connectivity index (χ0n) is 12.0. The van der Waals surface area contributed by atoms with E-state index in [1.165, 1.54) is 0 Å². The summed E-state index contributed by atoms with van der Waals surface area (Å²) < 4.78 is 11.1. The number of ether oxygens (including phenoxy) is 2. The highest BCUT2D eigenvalue weighted by atomic mass is 16.5. The summed E-state index contributed by atoms with van der Waals surface area (Å²) in [6.45, 7) is 1.31. The third-order valence-electron chi connectivity index (χ3n) is 2.81. The summed E-state index contributed by atoms with van der Waals surface area (Å²) in [5, 5.41) is 0. The molecular weight excluding hydrogens is 246 g/mol. The van der Waals surface area contributed by atoms with E-state index >= 15 is 0 Å². The van der Waals surface area contributed by atoms with Gasteiger partial charge in [-0.2, -0.15) is 15.0 Å². The molecular formula is C12H21N5O2. The fraction of sp³-hybridized carbons (Fsp3) is 0.750. The van der Waals surface area contributed by atoms with Crippen LogP contribution in [0.2, 0.25) is 0 Å². The standard InChI is InChI=1S/C12H21N5O2/c1-16(2)10-13-11(17(3)4)15-12(14-10)19-8-9-6-5-7-18-9/h9H,5-8H2,1-4H3/t9-/m1/s1. The minimum atomic E-state index is 0.155. The van der Waals surface area contributed by atoms with Gasteiger partial charge in [0, 0.05) is 34.8 Å². The van der Waals surface area contributed by atoms with E-state index < -0.39 is 0 Å². The van der Waals surface area contributed by atoms with Crippen LogP contribution in [0.15, 0.2) is 0 Å². The van der Waals surface area contributed by atoms with Crippen molar-refractivity contribution in [3.63, 3.8) is 0 Å². The van der Waals surface area contributed by atoms with E-state index in [1.54, 1.807) is 0 Å². The smallest absolute Gasteiger partial charge is 0.323 e. The molecule has 7 heteroatoms. The Hall–Kier alpha value is -1.63. The van der Waals surface area contributed by atoms with Gasteiger partial charge in [0.2, 0.25) is 11.9 Å². The van der Waals surface area contributed by atoms with Gasteiger partial charge in [0.25, 0.3) is 0 Å². The van der Waals surface area contributed by atoms with Crippen LogP contribution in [-0.2, 0) is 4.74 Å². The fourth-order valence-electron chi connectivity index (χ4n) is 1.74. The molecule has 0 N–H and O–H groups in total. The molecule has 2 rings (SSSR count). The van der Waals surface area contributed by atoms with Crippen LogP contribution in [0.25, 0.3) is 0 Å². The van der Waals surface area contributed by atoms with Crippen LogP contribution in [0.1, 0.15) is 12.8 Å². The van der Waals surface area contributed by atoms with Crippen molar-refractivity contribution in [2.75, 3.05) is 51.2 Å². The number of hydrogen-bond donors (Lipinski definition) is 0. The predicted molar refractivity (Wildman–Crippen MR) is 73.0 cm³/mol. The van der Waals surface area contributed by atoms with Crippen molar-refractivity contribution in [1.29, 1.82) is 0 Å². The molecule has 0 saturated carbocycles. The minimum absolute atomic E-state index is 0.155. The van der Waals surface area contributed by atoms with E-state index in [0.29, 0.717) is 24.5 Å². The monoisotopic (exact) mass is 267 g/mol. The van der Waals surface area contributed by atoms with Gasteiger partial charge in [0.05, 0.1) is 6.10 Å². The predicted octanol–water partition coefficient (Wildman–Crippen LogP) is 0.561. The summed E-state index contributed by atoms with van der Waals surface area (Å²) in [5.41, 5.74) is 0. The molecule has 0 spiro atoms. The van der Waals surface area contributed by atoms with Crippen LogP contribution < -0.4 is 14.5 Å². The molecule has 1 aliphatic heterocycles. The second-order valence-electron chi connectivity index (χ2n) is 4.95. The maximum absolute atomic E-state index is 5.63. The number of rotatable bonds is 5. The molecule has 1 aromatic rings. The Morgan fingerprint density at radius 2 is 1.74 bits per heavy atom. The molecule has 1 fully saturated rings. The molecule has 0 amide bonds. The van der Waals surface area contributed by atoms with Crippen molar-refractivity contribution in [3.05, 3.63) is 0 Å². The van der Waals surface area contributed by atoms with Crippen molar-refractivity contribution < 1.29 is 9.47 Å². The van der Waals surface area contributed by atoms with Gasteiger partial charge in [-0.15, -0.1) is 0 Å². The molecule has 19 heavy (non-hydrogen) atoms. The van der Waals surface area contributed by atoms with E-state index in [4.69, 9.17) is 9.47 Å². The zero-order chi connectivity index (χ0) is 13.8. The van der Waals surface area contributed by atoms with E-state index in [1.807, 2.05) is 38.0 Å². The maximum Gasteiger partial charge on any atom is 0.323 e. The molecule has 1 aromatic heterocycles. The topological polar surface area (TPSA) is 63.6 Å². The quantitative estimate of drug-likeness (QED) is 0.772. The number of nitrogens with zero attached hydrogens (tertiary/aromatic N) is 5. The van der Waals surface area contributed by atoms with Crippen molar-refractivity contribution in [1.82, 2.24) is 15.0 Å². The first kappa shape index (κ1) is 13.8. The lowest BCUT2D eigenvalue weighted by Crippen LogP contribution is -2.21. The van der Waals surface area contributed by atoms with Crippen molar-refractivity contribution in [3.8, 4) is 6.01 Å². The second-order valence-corrected chi connectivity index (χ2v) is 4.95. The van der Waals surface area contributed by atoms with E-state index in [0.717, 1.165) is 19.4 Å². The number of anilines is 2. The molecule has 7 nitrogen and oxygen atoms in total. The van der Waals surface area contributed by atoms with Gasteiger partial charge >= 0.3 is 6.01 Å². The van der Waals surface area contributed by atoms with Crippen molar-refractivity contribution in [2.45, 2.75) is 18.9 Å². The van der Waals surface area contributed by atoms with Crippen LogP contribution in [0.3, 0.4) is 0 Å². The minimum Gasteiger partial charge on any atom is -0.461 e. The van der Waals surface area contributed by atoms with E-state index in [-0.39, 0.29) is 6.10 Å². The number of hydrogen-bond acceptors (Lipinski definition) is 7. The van der Waals surface area contributed by atoms with Crippen LogP contribution in [-0.4, -0.2) is 62.5 Å². The molecule has 0 unspecified atom stereocenters. The van der Waals surface area contributed by atoms with Crippen LogP contribution in [0, 0.1) is 0 Å². The Kier molecular flexibility index (Phi) is 4.36. The summed E-state index contributed by atoms with van der Waals surface area (Å²) >= 11 is 0. The Labute approximate surface area is 113 Å². The molecule has 2 heterocycles. The highest BCUT2D eigenvalue weighted by Crippen LogP contribution is 2.17. The first-order valence-electron chi connectivity index (χ1n) is 6.41. The third kappa shape index (κ3) is 3.66. The van der Waals surface area contributed by atoms with Crippen LogP contribution in [0.5, 0.6) is 6.01 Å². The zero-order valence-corrected chi connectivity index (χ0v) is 12.0. The van der Waals surface area contributed by atoms with E-state index in [2.05, 4.69) is 15.0 Å². The molecule has 0 aromatic carbocycles. The summed E-state index contributed by atoms with van der Waals surface area (Å²) in [4.78, 5) is 16.5. The maximum atomic E-state index is 5.63. The van der Waals surface area contributed by atoms with Gasteiger partial charge in [-0.1, -0.05) is 0 Å². The van der Waals surface area contributed by atoms with Gasteiger partial charge in [0.15, 0.2) is 0 Å². The highest BCUT2D eigenvalue weighted by molar-refractivity contribution is 5.37. The van der Waals surface area contributed by atoms with Gasteiger partial charge in [-0.3, -0.25) is 0 Å². The van der Waals surface area contributed by atoms with Gasteiger partial charge in [-0.25, -0.2) is 0 Å². The Morgan fingerprint density at radius 3 is 2.21 bits per heavy atom. The summed E-state index contributed by atoms with van der Waals surface area (Å²) in [6, 6.07) is 0.345. The highest BCUT2D eigenvalue weighted by Gasteiger charge is 2.18. The van der Waals surface area contributed by atoms with Gasteiger partial charge < -0.3 is 19.3 Å². The average molecular weight is 267 g/mol. The van der Waals surface area contributed by atoms with Gasteiger partial charge in [0.1, 0.15) is 6.61 Å². The third-order valence-corrected chi connectivity index (χ3v) is 2.81. The van der Waals surface area contributed by atoms with Gasteiger partial charge in [-0.05, 0) is 12.8 Å². The molecule has 1 atom stereocenters. The summed E-state index contributed by atoms with van der Waals surface area (Å²) in [7, 11) is 7.55. The normalized spacial score (nSPS) is 18.4. The molecule has 106 valence electrons. The van der Waals surface area contributed by atoms with Crippen LogP contribution >= 0.6 is 0 Å². The lowest BCUT2D eigenvalue weighted by atomic mass is 10.2. The average Bonchev–Trinajstić information content (AvgIpc) is 2.89. The first-order chi connectivity index (χ1) is 9.06. The van der Waals surface area contributed by atoms with Crippen molar-refractivity contribution in [2.24, 2.45) is 0 Å². The van der Waals surface area contributed by atoms with E-state index in [9.17, 15) is 0 Å². The lowest BCUT2D eigenvalue weighted by Gasteiger charge is -2.17. The number of aromatic nitrogens is 3. The molecule has 1 saturated heterocycles. The lowest BCUT2D eigenvalue weighted by molar-refractivity contribution is 0.0645. The molecule has 1 aliphatic rings. The Balaban J connectivity index is 2.09. The SMILES string of the molecule is CN(C)c1nc(OC[C@H]2CCCO2)nc(N(C)C)n1.